The number of benzene rings is 1. The number of aromatic nitrogens is 2. The van der Waals surface area contributed by atoms with Crippen LogP contribution in [0.1, 0.15) is 17.0 Å². The van der Waals surface area contributed by atoms with Gasteiger partial charge in [0.2, 0.25) is 0 Å². The van der Waals surface area contributed by atoms with Crippen LogP contribution in [-0.2, 0) is 0 Å². The molecule has 2 heterocycles. The normalized spacial score (nSPS) is 11.0. The molecule has 0 saturated carbocycles. The number of hydrogen-bond donors (Lipinski definition) is 1. The summed E-state index contributed by atoms with van der Waals surface area (Å²) in [4.78, 5) is 0. The van der Waals surface area contributed by atoms with Crippen molar-refractivity contribution in [1.29, 1.82) is 0 Å². The molecule has 2 N–H and O–H groups in total. The number of aryl methyl sites for hydroxylation is 2. The monoisotopic (exact) mass is 331 g/mol. The fourth-order valence-electron chi connectivity index (χ4n) is 2.72. The number of rotatable bonds is 3. The zero-order valence-corrected chi connectivity index (χ0v) is 14.2. The molecule has 3 aromatic rings. The predicted octanol–water partition coefficient (Wildman–Crippen LogP) is 4.30. The molecule has 0 aliphatic rings. The van der Waals surface area contributed by atoms with Gasteiger partial charge in [-0.2, -0.15) is 0 Å². The Morgan fingerprint density at radius 1 is 1.17 bits per heavy atom. The summed E-state index contributed by atoms with van der Waals surface area (Å²) in [6.45, 7) is 5.66. The Morgan fingerprint density at radius 3 is 2.35 bits per heavy atom. The molecule has 120 valence electrons. The molecule has 0 saturated heterocycles. The van der Waals surface area contributed by atoms with E-state index in [0.29, 0.717) is 16.6 Å². The SMILES string of the molecule is COc1ccc(-n2c(Cl)c(C)c(N)c2-c2c(C)noc2C)cc1. The van der Waals surface area contributed by atoms with Crippen LogP contribution in [0.3, 0.4) is 0 Å². The van der Waals surface area contributed by atoms with Gasteiger partial charge in [0.25, 0.3) is 0 Å². The van der Waals surface area contributed by atoms with Gasteiger partial charge in [0.05, 0.1) is 29.7 Å². The largest absolute Gasteiger partial charge is 0.497 e. The minimum Gasteiger partial charge on any atom is -0.497 e. The summed E-state index contributed by atoms with van der Waals surface area (Å²) in [5, 5.41) is 4.60. The third-order valence-corrected chi connectivity index (χ3v) is 4.44. The molecule has 0 bridgehead atoms. The number of methoxy groups -OCH3 is 1. The van der Waals surface area contributed by atoms with Crippen LogP contribution in [0.2, 0.25) is 5.15 Å². The maximum atomic E-state index is 6.55. The second-order valence-electron chi connectivity index (χ2n) is 5.41. The minimum absolute atomic E-state index is 0.572. The number of hydrogen-bond acceptors (Lipinski definition) is 4. The molecular weight excluding hydrogens is 314 g/mol. The van der Waals surface area contributed by atoms with Crippen LogP contribution in [0.15, 0.2) is 28.8 Å². The highest BCUT2D eigenvalue weighted by atomic mass is 35.5. The molecule has 0 atom stereocenters. The van der Waals surface area contributed by atoms with Gasteiger partial charge in [0.15, 0.2) is 0 Å². The van der Waals surface area contributed by atoms with Crippen molar-refractivity contribution in [3.8, 4) is 22.7 Å². The lowest BCUT2D eigenvalue weighted by Crippen LogP contribution is -2.00. The van der Waals surface area contributed by atoms with Crippen LogP contribution in [0, 0.1) is 20.8 Å². The fraction of sp³-hybridized carbons (Fsp3) is 0.235. The summed E-state index contributed by atoms with van der Waals surface area (Å²) in [6.07, 6.45) is 0. The first-order valence-corrected chi connectivity index (χ1v) is 7.57. The quantitative estimate of drug-likeness (QED) is 0.777. The molecule has 0 unspecified atom stereocenters. The molecule has 0 fully saturated rings. The Balaban J connectivity index is 2.30. The molecule has 6 heteroatoms. The fourth-order valence-corrected chi connectivity index (χ4v) is 3.00. The molecule has 2 aromatic heterocycles. The molecule has 0 aliphatic carbocycles. The van der Waals surface area contributed by atoms with E-state index >= 15 is 0 Å². The highest BCUT2D eigenvalue weighted by molar-refractivity contribution is 6.31. The van der Waals surface area contributed by atoms with Gasteiger partial charge in [0, 0.05) is 11.3 Å². The van der Waals surface area contributed by atoms with Gasteiger partial charge < -0.3 is 15.0 Å². The van der Waals surface area contributed by atoms with Crippen molar-refractivity contribution in [3.05, 3.63) is 46.4 Å². The standard InChI is InChI=1S/C17H18ClN3O2/c1-9-15(19)16(14-10(2)20-23-11(14)3)21(17(9)18)12-5-7-13(22-4)8-6-12/h5-8H,19H2,1-4H3. The van der Waals surface area contributed by atoms with Crippen LogP contribution >= 0.6 is 11.6 Å². The van der Waals surface area contributed by atoms with E-state index in [1.54, 1.807) is 7.11 Å². The summed E-state index contributed by atoms with van der Waals surface area (Å²) in [6, 6.07) is 7.64. The summed E-state index contributed by atoms with van der Waals surface area (Å²) in [5.41, 5.74) is 11.1. The van der Waals surface area contributed by atoms with E-state index in [1.807, 2.05) is 49.6 Å². The van der Waals surface area contributed by atoms with Crippen molar-refractivity contribution in [2.75, 3.05) is 12.8 Å². The second kappa shape index (κ2) is 5.66. The zero-order chi connectivity index (χ0) is 16.7. The summed E-state index contributed by atoms with van der Waals surface area (Å²) in [5.74, 6) is 1.48. The van der Waals surface area contributed by atoms with Gasteiger partial charge in [0.1, 0.15) is 16.7 Å². The number of ether oxygens (including phenoxy) is 1. The Hall–Kier alpha value is -2.40. The first-order valence-electron chi connectivity index (χ1n) is 7.19. The summed E-state index contributed by atoms with van der Waals surface area (Å²) < 4.78 is 12.4. The molecule has 1 aromatic carbocycles. The van der Waals surface area contributed by atoms with Gasteiger partial charge >= 0.3 is 0 Å². The van der Waals surface area contributed by atoms with E-state index in [2.05, 4.69) is 5.16 Å². The zero-order valence-electron chi connectivity index (χ0n) is 13.5. The smallest absolute Gasteiger partial charge is 0.143 e. The first kappa shape index (κ1) is 15.5. The number of halogens is 1. The third-order valence-electron chi connectivity index (χ3n) is 3.99. The highest BCUT2D eigenvalue weighted by Gasteiger charge is 2.24. The van der Waals surface area contributed by atoms with Crippen LogP contribution < -0.4 is 10.5 Å². The highest BCUT2D eigenvalue weighted by Crippen LogP contribution is 2.41. The topological polar surface area (TPSA) is 66.2 Å². The molecule has 0 radical (unpaired) electrons. The van der Waals surface area contributed by atoms with Crippen LogP contribution in [0.25, 0.3) is 16.9 Å². The van der Waals surface area contributed by atoms with Crippen molar-refractivity contribution in [1.82, 2.24) is 9.72 Å². The van der Waals surface area contributed by atoms with Crippen LogP contribution in [0.4, 0.5) is 5.69 Å². The van der Waals surface area contributed by atoms with Gasteiger partial charge in [-0.3, -0.25) is 4.57 Å². The van der Waals surface area contributed by atoms with Crippen LogP contribution in [0.5, 0.6) is 5.75 Å². The molecule has 3 rings (SSSR count). The number of nitrogens with zero attached hydrogens (tertiary/aromatic N) is 2. The average Bonchev–Trinajstić information content (AvgIpc) is 2.99. The van der Waals surface area contributed by atoms with Crippen molar-refractivity contribution in [3.63, 3.8) is 0 Å². The van der Waals surface area contributed by atoms with Gasteiger partial charge in [-0.05, 0) is 45.0 Å². The van der Waals surface area contributed by atoms with Crippen molar-refractivity contribution in [2.24, 2.45) is 0 Å². The lowest BCUT2D eigenvalue weighted by atomic mass is 10.1. The van der Waals surface area contributed by atoms with E-state index in [-0.39, 0.29) is 0 Å². The number of nitrogens with two attached hydrogens (primary N) is 1. The summed E-state index contributed by atoms with van der Waals surface area (Å²) >= 11 is 6.55. The number of nitrogen functional groups attached to an aromatic ring is 1. The van der Waals surface area contributed by atoms with E-state index in [9.17, 15) is 0 Å². The van der Waals surface area contributed by atoms with Crippen molar-refractivity contribution in [2.45, 2.75) is 20.8 Å². The third kappa shape index (κ3) is 2.37. The van der Waals surface area contributed by atoms with Crippen LogP contribution in [-0.4, -0.2) is 16.8 Å². The lowest BCUT2D eigenvalue weighted by Gasteiger charge is -2.12. The predicted molar refractivity (Wildman–Crippen MR) is 91.5 cm³/mol. The van der Waals surface area contributed by atoms with E-state index < -0.39 is 0 Å². The molecule has 0 spiro atoms. The Kier molecular flexibility index (Phi) is 3.82. The molecule has 0 amide bonds. The van der Waals surface area contributed by atoms with Gasteiger partial charge in [-0.1, -0.05) is 16.8 Å². The average molecular weight is 332 g/mol. The Bertz CT molecular complexity index is 844. The number of anilines is 1. The minimum atomic E-state index is 0.572. The summed E-state index contributed by atoms with van der Waals surface area (Å²) in [7, 11) is 1.63. The first-order chi connectivity index (χ1) is 11.0. The molecule has 0 aliphatic heterocycles. The van der Waals surface area contributed by atoms with E-state index in [0.717, 1.165) is 34.0 Å². The second-order valence-corrected chi connectivity index (χ2v) is 5.77. The Morgan fingerprint density at radius 2 is 1.83 bits per heavy atom. The van der Waals surface area contributed by atoms with E-state index in [1.165, 1.54) is 0 Å². The van der Waals surface area contributed by atoms with Crippen molar-refractivity contribution >= 4 is 17.3 Å². The molecule has 5 nitrogen and oxygen atoms in total. The lowest BCUT2D eigenvalue weighted by molar-refractivity contribution is 0.393. The van der Waals surface area contributed by atoms with Crippen molar-refractivity contribution < 1.29 is 9.26 Å². The Labute approximate surface area is 139 Å². The molecular formula is C17H18ClN3O2. The maximum absolute atomic E-state index is 6.55. The maximum Gasteiger partial charge on any atom is 0.143 e. The molecule has 23 heavy (non-hydrogen) atoms. The van der Waals surface area contributed by atoms with Gasteiger partial charge in [-0.15, -0.1) is 0 Å². The van der Waals surface area contributed by atoms with E-state index in [4.69, 9.17) is 26.6 Å². The van der Waals surface area contributed by atoms with Gasteiger partial charge in [-0.25, -0.2) is 0 Å².